The zero-order valence-electron chi connectivity index (χ0n) is 20.1. The number of ether oxygens (including phenoxy) is 1. The van der Waals surface area contributed by atoms with Gasteiger partial charge in [-0.25, -0.2) is 4.98 Å². The van der Waals surface area contributed by atoms with Crippen molar-refractivity contribution >= 4 is 11.5 Å². The zero-order chi connectivity index (χ0) is 24.2. The van der Waals surface area contributed by atoms with Crippen LogP contribution in [0.25, 0.3) is 5.70 Å². The number of nitrogens with zero attached hydrogens (tertiary/aromatic N) is 4. The third kappa shape index (κ3) is 4.79. The first kappa shape index (κ1) is 23.5. The Hall–Kier alpha value is -2.20. The van der Waals surface area contributed by atoms with Crippen LogP contribution in [0, 0.1) is 17.8 Å². The fourth-order valence-corrected chi connectivity index (χ4v) is 6.12. The summed E-state index contributed by atoms with van der Waals surface area (Å²) >= 11 is 0. The maximum atomic E-state index is 12.8. The second-order valence-corrected chi connectivity index (χ2v) is 10.7. The van der Waals surface area contributed by atoms with Crippen LogP contribution in [0.3, 0.4) is 0 Å². The SMILES string of the molecule is CC(C)CC1NC(c2cnc(N)c(OC(F)(F)F)c2)=CN1[C@H]1[C@@H]2CC(N3CCN(C)CC3)C[C@@H]21. The van der Waals surface area contributed by atoms with Crippen molar-refractivity contribution in [2.45, 2.75) is 57.7 Å². The summed E-state index contributed by atoms with van der Waals surface area (Å²) in [5.41, 5.74) is 6.94. The van der Waals surface area contributed by atoms with Crippen molar-refractivity contribution in [3.8, 4) is 5.75 Å². The van der Waals surface area contributed by atoms with Gasteiger partial charge in [-0.2, -0.15) is 0 Å². The number of likely N-dealkylation sites (N-methyl/N-ethyl adjacent to an activating group) is 1. The highest BCUT2D eigenvalue weighted by Crippen LogP contribution is 2.57. The topological polar surface area (TPSA) is 69.9 Å². The van der Waals surface area contributed by atoms with Crippen molar-refractivity contribution in [2.24, 2.45) is 17.8 Å². The first-order chi connectivity index (χ1) is 16.1. The molecule has 0 aromatic carbocycles. The Morgan fingerprint density at radius 3 is 2.47 bits per heavy atom. The highest BCUT2D eigenvalue weighted by atomic mass is 19.4. The summed E-state index contributed by atoms with van der Waals surface area (Å²) in [7, 11) is 2.19. The second kappa shape index (κ2) is 8.78. The van der Waals surface area contributed by atoms with Crippen LogP contribution >= 0.6 is 0 Å². The quantitative estimate of drug-likeness (QED) is 0.648. The third-order valence-electron chi connectivity index (χ3n) is 7.85. The van der Waals surface area contributed by atoms with E-state index in [0.717, 1.165) is 38.3 Å². The summed E-state index contributed by atoms with van der Waals surface area (Å²) in [6.07, 6.45) is 2.31. The lowest BCUT2D eigenvalue weighted by Crippen LogP contribution is -2.49. The van der Waals surface area contributed by atoms with Gasteiger partial charge in [-0.1, -0.05) is 13.8 Å². The molecule has 1 aromatic heterocycles. The highest BCUT2D eigenvalue weighted by Gasteiger charge is 2.60. The largest absolute Gasteiger partial charge is 0.573 e. The molecule has 1 aromatic rings. The number of nitrogen functional groups attached to an aromatic ring is 1. The van der Waals surface area contributed by atoms with Crippen LogP contribution in [0.2, 0.25) is 0 Å². The van der Waals surface area contributed by atoms with E-state index in [9.17, 15) is 13.2 Å². The molecule has 0 radical (unpaired) electrons. The first-order valence-corrected chi connectivity index (χ1v) is 12.3. The van der Waals surface area contributed by atoms with Crippen LogP contribution in [0.5, 0.6) is 5.75 Å². The highest BCUT2D eigenvalue weighted by molar-refractivity contribution is 5.68. The van der Waals surface area contributed by atoms with E-state index < -0.39 is 12.1 Å². The van der Waals surface area contributed by atoms with Gasteiger partial charge < -0.3 is 25.6 Å². The molecule has 0 bridgehead atoms. The van der Waals surface area contributed by atoms with Gasteiger partial charge in [0.15, 0.2) is 11.6 Å². The Kier molecular flexibility index (Phi) is 6.08. The molecular formula is C24H35F3N6O. The number of anilines is 1. The number of piperazine rings is 1. The molecule has 0 spiro atoms. The number of rotatable bonds is 6. The number of nitrogens with two attached hydrogens (primary N) is 1. The average molecular weight is 481 g/mol. The van der Waals surface area contributed by atoms with Crippen molar-refractivity contribution in [1.82, 2.24) is 25.0 Å². The van der Waals surface area contributed by atoms with Gasteiger partial charge in [0.2, 0.25) is 0 Å². The standard InChI is InChI=1S/C24H35F3N6O/c1-14(2)8-21-30-19(15-9-20(23(28)29-12-15)34-24(25,26)27)13-33(21)22-17-10-16(11-18(17)22)32-6-4-31(3)5-7-32/h9,12-14,16-18,21-22,30H,4-8,10-11H2,1-3H3,(H2,28,29)/t16?,17-,18+,21?,22+. The monoisotopic (exact) mass is 480 g/mol. The molecule has 10 heteroatoms. The number of alkyl halides is 3. The number of pyridine rings is 1. The lowest BCUT2D eigenvalue weighted by Gasteiger charge is -2.38. The van der Waals surface area contributed by atoms with Gasteiger partial charge in [0.1, 0.15) is 0 Å². The summed E-state index contributed by atoms with van der Waals surface area (Å²) in [4.78, 5) is 11.4. The predicted molar refractivity (Wildman–Crippen MR) is 124 cm³/mol. The van der Waals surface area contributed by atoms with Crippen LogP contribution in [0.15, 0.2) is 18.5 Å². The normalized spacial score (nSPS) is 32.0. The Morgan fingerprint density at radius 2 is 1.85 bits per heavy atom. The van der Waals surface area contributed by atoms with Crippen LogP contribution in [-0.2, 0) is 0 Å². The van der Waals surface area contributed by atoms with Crippen molar-refractivity contribution in [3.63, 3.8) is 0 Å². The van der Waals surface area contributed by atoms with E-state index in [2.05, 4.69) is 56.8 Å². The van der Waals surface area contributed by atoms with Crippen LogP contribution in [0.4, 0.5) is 19.0 Å². The summed E-state index contributed by atoms with van der Waals surface area (Å²) in [6, 6.07) is 2.50. The van der Waals surface area contributed by atoms with Crippen LogP contribution in [0.1, 0.15) is 38.7 Å². The van der Waals surface area contributed by atoms with Gasteiger partial charge in [-0.05, 0) is 50.1 Å². The zero-order valence-corrected chi connectivity index (χ0v) is 20.1. The molecule has 34 heavy (non-hydrogen) atoms. The van der Waals surface area contributed by atoms with Gasteiger partial charge in [0.05, 0.1) is 11.9 Å². The van der Waals surface area contributed by atoms with Gasteiger partial charge >= 0.3 is 6.36 Å². The number of hydrogen-bond donors (Lipinski definition) is 2. The van der Waals surface area contributed by atoms with E-state index in [1.165, 1.54) is 25.1 Å². The van der Waals surface area contributed by atoms with E-state index in [1.807, 2.05) is 0 Å². The van der Waals surface area contributed by atoms with Gasteiger partial charge in [0.25, 0.3) is 0 Å². The Morgan fingerprint density at radius 1 is 1.18 bits per heavy atom. The fourth-order valence-electron chi connectivity index (χ4n) is 6.12. The van der Waals surface area contributed by atoms with E-state index in [-0.39, 0.29) is 12.0 Å². The fraction of sp³-hybridized carbons (Fsp3) is 0.708. The van der Waals surface area contributed by atoms with E-state index in [1.54, 1.807) is 0 Å². The molecule has 3 N–H and O–H groups in total. The van der Waals surface area contributed by atoms with Gasteiger partial charge in [-0.15, -0.1) is 13.2 Å². The number of nitrogens with one attached hydrogen (secondary N) is 1. The second-order valence-electron chi connectivity index (χ2n) is 10.7. The number of fused-ring (bicyclic) bond motifs is 1. The molecule has 5 atom stereocenters. The van der Waals surface area contributed by atoms with Gasteiger partial charge in [-0.3, -0.25) is 4.90 Å². The Labute approximate surface area is 199 Å². The molecular weight excluding hydrogens is 445 g/mol. The molecule has 3 fully saturated rings. The molecule has 2 saturated carbocycles. The Balaban J connectivity index is 1.30. The smallest absolute Gasteiger partial charge is 0.402 e. The molecule has 4 aliphatic rings. The lowest BCUT2D eigenvalue weighted by atomic mass is 10.1. The maximum absolute atomic E-state index is 12.8. The number of hydrogen-bond acceptors (Lipinski definition) is 7. The third-order valence-corrected chi connectivity index (χ3v) is 7.85. The summed E-state index contributed by atoms with van der Waals surface area (Å²) in [5.74, 6) is 1.11. The lowest BCUT2D eigenvalue weighted by molar-refractivity contribution is -0.274. The average Bonchev–Trinajstić information content (AvgIpc) is 3.08. The van der Waals surface area contributed by atoms with Gasteiger partial charge in [0, 0.05) is 56.2 Å². The van der Waals surface area contributed by atoms with Crippen molar-refractivity contribution in [2.75, 3.05) is 39.0 Å². The van der Waals surface area contributed by atoms with E-state index in [4.69, 9.17) is 5.73 Å². The molecule has 1 saturated heterocycles. The molecule has 3 heterocycles. The molecule has 7 nitrogen and oxygen atoms in total. The molecule has 5 rings (SSSR count). The minimum absolute atomic E-state index is 0.122. The number of halogens is 3. The van der Waals surface area contributed by atoms with E-state index in [0.29, 0.717) is 35.4 Å². The maximum Gasteiger partial charge on any atom is 0.573 e. The minimum Gasteiger partial charge on any atom is -0.402 e. The summed E-state index contributed by atoms with van der Waals surface area (Å²) in [5, 5.41) is 3.54. The first-order valence-electron chi connectivity index (χ1n) is 12.3. The van der Waals surface area contributed by atoms with E-state index >= 15 is 0 Å². The molecule has 0 amide bonds. The van der Waals surface area contributed by atoms with Crippen molar-refractivity contribution < 1.29 is 17.9 Å². The number of aromatic nitrogens is 1. The molecule has 2 aliphatic heterocycles. The molecule has 188 valence electrons. The Bertz CT molecular complexity index is 918. The molecule has 2 unspecified atom stereocenters. The van der Waals surface area contributed by atoms with Crippen LogP contribution < -0.4 is 15.8 Å². The summed E-state index contributed by atoms with van der Waals surface area (Å²) < 4.78 is 42.4. The van der Waals surface area contributed by atoms with Crippen LogP contribution in [-0.4, -0.2) is 77.5 Å². The van der Waals surface area contributed by atoms with Crippen molar-refractivity contribution in [1.29, 1.82) is 0 Å². The predicted octanol–water partition coefficient (Wildman–Crippen LogP) is 3.16. The minimum atomic E-state index is -4.82. The molecule has 2 aliphatic carbocycles. The van der Waals surface area contributed by atoms with Crippen molar-refractivity contribution in [3.05, 3.63) is 24.0 Å². The summed E-state index contributed by atoms with van der Waals surface area (Å²) in [6.45, 7) is 8.98.